The quantitative estimate of drug-likeness (QED) is 0.287. The standard InChI is InChI=1S/C26H22F3N3O5S/c1-3-18(15-8-6-5-7-9-15)22(33)30-23-20-19(14-38-23)21(25(35)36-4-2)31-32(24(20)34)16-10-12-17(13-11-16)37-26(27,28)29/h5-14,18H,3-4H2,1-2H3,(H,30,33). The molecule has 0 aliphatic rings. The van der Waals surface area contributed by atoms with Crippen LogP contribution < -0.4 is 15.6 Å². The van der Waals surface area contributed by atoms with Crippen LogP contribution >= 0.6 is 11.3 Å². The third kappa shape index (κ3) is 5.70. The van der Waals surface area contributed by atoms with E-state index in [1.54, 1.807) is 6.92 Å². The average molecular weight is 546 g/mol. The summed E-state index contributed by atoms with van der Waals surface area (Å²) in [5, 5.41) is 8.91. The van der Waals surface area contributed by atoms with E-state index in [1.807, 2.05) is 37.3 Å². The zero-order chi connectivity index (χ0) is 27.4. The zero-order valence-corrected chi connectivity index (χ0v) is 21.1. The normalized spacial score (nSPS) is 12.2. The Morgan fingerprint density at radius 2 is 1.76 bits per heavy atom. The van der Waals surface area contributed by atoms with E-state index in [1.165, 1.54) is 17.5 Å². The summed E-state index contributed by atoms with van der Waals surface area (Å²) in [7, 11) is 0. The molecule has 2 aromatic heterocycles. The van der Waals surface area contributed by atoms with Gasteiger partial charge in [-0.25, -0.2) is 4.79 Å². The highest BCUT2D eigenvalue weighted by Crippen LogP contribution is 2.32. The van der Waals surface area contributed by atoms with Crippen molar-refractivity contribution in [2.24, 2.45) is 0 Å². The zero-order valence-electron chi connectivity index (χ0n) is 20.2. The molecule has 1 atom stereocenters. The number of anilines is 1. The molecule has 4 rings (SSSR count). The molecule has 38 heavy (non-hydrogen) atoms. The number of carbonyl (C=O) groups excluding carboxylic acids is 2. The molecule has 12 heteroatoms. The molecule has 1 N–H and O–H groups in total. The van der Waals surface area contributed by atoms with Gasteiger partial charge >= 0.3 is 12.3 Å². The van der Waals surface area contributed by atoms with Gasteiger partial charge in [0, 0.05) is 10.8 Å². The molecule has 0 saturated heterocycles. The third-order valence-corrected chi connectivity index (χ3v) is 6.49. The van der Waals surface area contributed by atoms with Crippen LogP contribution in [0.1, 0.15) is 42.2 Å². The van der Waals surface area contributed by atoms with E-state index in [2.05, 4.69) is 15.2 Å². The van der Waals surface area contributed by atoms with Crippen LogP contribution in [0.5, 0.6) is 5.75 Å². The SMILES string of the molecule is CCOC(=O)c1nn(-c2ccc(OC(F)(F)F)cc2)c(=O)c2c(NC(=O)C(CC)c3ccccc3)scc12. The minimum atomic E-state index is -4.88. The summed E-state index contributed by atoms with van der Waals surface area (Å²) in [6.07, 6.45) is -4.38. The van der Waals surface area contributed by atoms with Gasteiger partial charge in [-0.3, -0.25) is 9.59 Å². The Morgan fingerprint density at radius 3 is 2.37 bits per heavy atom. The highest BCUT2D eigenvalue weighted by Gasteiger charge is 2.31. The van der Waals surface area contributed by atoms with E-state index in [4.69, 9.17) is 4.74 Å². The maximum absolute atomic E-state index is 13.5. The summed E-state index contributed by atoms with van der Waals surface area (Å²) in [6.45, 7) is 3.53. The molecule has 0 bridgehead atoms. The number of hydrogen-bond acceptors (Lipinski definition) is 7. The number of benzene rings is 2. The van der Waals surface area contributed by atoms with Crippen LogP contribution in [0.25, 0.3) is 16.5 Å². The lowest BCUT2D eigenvalue weighted by Crippen LogP contribution is -2.26. The van der Waals surface area contributed by atoms with Gasteiger partial charge in [-0.15, -0.1) is 24.5 Å². The molecule has 0 saturated carbocycles. The van der Waals surface area contributed by atoms with Gasteiger partial charge in [0.15, 0.2) is 5.69 Å². The molecule has 1 unspecified atom stereocenters. The largest absolute Gasteiger partial charge is 0.573 e. The summed E-state index contributed by atoms with van der Waals surface area (Å²) < 4.78 is 47.5. The Balaban J connectivity index is 1.80. The number of carbonyl (C=O) groups is 2. The highest BCUT2D eigenvalue weighted by molar-refractivity contribution is 7.16. The first-order valence-corrected chi connectivity index (χ1v) is 12.4. The average Bonchev–Trinajstić information content (AvgIpc) is 3.29. The number of nitrogens with one attached hydrogen (secondary N) is 1. The lowest BCUT2D eigenvalue weighted by Gasteiger charge is -2.15. The number of esters is 1. The lowest BCUT2D eigenvalue weighted by atomic mass is 9.96. The number of thiophene rings is 1. The lowest BCUT2D eigenvalue weighted by molar-refractivity contribution is -0.274. The second-order valence-electron chi connectivity index (χ2n) is 8.04. The number of rotatable bonds is 8. The van der Waals surface area contributed by atoms with E-state index in [0.717, 1.165) is 33.7 Å². The molecule has 0 aliphatic carbocycles. The molecule has 0 fully saturated rings. The Morgan fingerprint density at radius 1 is 1.08 bits per heavy atom. The molecular formula is C26H22F3N3O5S. The van der Waals surface area contributed by atoms with Gasteiger partial charge in [-0.1, -0.05) is 37.3 Å². The fourth-order valence-electron chi connectivity index (χ4n) is 3.91. The van der Waals surface area contributed by atoms with Gasteiger partial charge < -0.3 is 14.8 Å². The van der Waals surface area contributed by atoms with Gasteiger partial charge in [0.05, 0.1) is 23.6 Å². The molecule has 1 amide bonds. The van der Waals surface area contributed by atoms with Crippen LogP contribution in [-0.2, 0) is 9.53 Å². The fraction of sp³-hybridized carbons (Fsp3) is 0.231. The van der Waals surface area contributed by atoms with Crippen molar-refractivity contribution in [1.82, 2.24) is 9.78 Å². The van der Waals surface area contributed by atoms with Gasteiger partial charge in [-0.2, -0.15) is 9.78 Å². The number of aromatic nitrogens is 2. The van der Waals surface area contributed by atoms with E-state index in [0.29, 0.717) is 6.42 Å². The first kappa shape index (κ1) is 26.9. The number of nitrogens with zero attached hydrogens (tertiary/aromatic N) is 2. The maximum Gasteiger partial charge on any atom is 0.573 e. The Labute approximate surface area is 218 Å². The van der Waals surface area contributed by atoms with Crippen molar-refractivity contribution in [3.8, 4) is 11.4 Å². The van der Waals surface area contributed by atoms with Gasteiger partial charge in [0.25, 0.3) is 5.56 Å². The van der Waals surface area contributed by atoms with E-state index in [-0.39, 0.29) is 39.7 Å². The van der Waals surface area contributed by atoms with Crippen molar-refractivity contribution in [3.05, 3.63) is 81.6 Å². The first-order valence-electron chi connectivity index (χ1n) is 11.6. The number of halogens is 3. The number of alkyl halides is 3. The molecule has 0 spiro atoms. The molecular weight excluding hydrogens is 523 g/mol. The van der Waals surface area contributed by atoms with E-state index < -0.39 is 29.6 Å². The fourth-order valence-corrected chi connectivity index (χ4v) is 4.85. The predicted molar refractivity (Wildman–Crippen MR) is 136 cm³/mol. The maximum atomic E-state index is 13.5. The monoisotopic (exact) mass is 545 g/mol. The van der Waals surface area contributed by atoms with E-state index in [9.17, 15) is 27.6 Å². The Kier molecular flexibility index (Phi) is 7.81. The van der Waals surface area contributed by atoms with Crippen LogP contribution in [0.15, 0.2) is 64.8 Å². The van der Waals surface area contributed by atoms with Crippen LogP contribution in [0.2, 0.25) is 0 Å². The highest BCUT2D eigenvalue weighted by atomic mass is 32.1. The molecule has 2 aromatic carbocycles. The van der Waals surface area contributed by atoms with Crippen LogP contribution in [-0.4, -0.2) is 34.6 Å². The first-order chi connectivity index (χ1) is 18.1. The molecule has 2 heterocycles. The summed E-state index contributed by atoms with van der Waals surface area (Å²) in [5.41, 5.74) is 0.0303. The smallest absolute Gasteiger partial charge is 0.461 e. The van der Waals surface area contributed by atoms with Crippen molar-refractivity contribution < 1.29 is 32.2 Å². The summed E-state index contributed by atoms with van der Waals surface area (Å²) in [5.74, 6) is -2.11. The molecule has 0 aliphatic heterocycles. The Bertz CT molecular complexity index is 1520. The summed E-state index contributed by atoms with van der Waals surface area (Å²) in [6, 6.07) is 13.6. The number of hydrogen-bond donors (Lipinski definition) is 1. The topological polar surface area (TPSA) is 99.5 Å². The van der Waals surface area contributed by atoms with Crippen molar-refractivity contribution in [3.63, 3.8) is 0 Å². The van der Waals surface area contributed by atoms with E-state index >= 15 is 0 Å². The molecule has 4 aromatic rings. The minimum Gasteiger partial charge on any atom is -0.461 e. The van der Waals surface area contributed by atoms with Gasteiger partial charge in [-0.05, 0) is 43.2 Å². The van der Waals surface area contributed by atoms with Crippen molar-refractivity contribution in [2.75, 3.05) is 11.9 Å². The van der Waals surface area contributed by atoms with Crippen molar-refractivity contribution in [1.29, 1.82) is 0 Å². The van der Waals surface area contributed by atoms with Gasteiger partial charge in [0.2, 0.25) is 5.91 Å². The van der Waals surface area contributed by atoms with Gasteiger partial charge in [0.1, 0.15) is 10.8 Å². The van der Waals surface area contributed by atoms with Crippen molar-refractivity contribution in [2.45, 2.75) is 32.5 Å². The second-order valence-corrected chi connectivity index (χ2v) is 8.92. The number of amides is 1. The summed E-state index contributed by atoms with van der Waals surface area (Å²) >= 11 is 1.05. The third-order valence-electron chi connectivity index (χ3n) is 5.60. The molecule has 0 radical (unpaired) electrons. The van der Waals surface area contributed by atoms with Crippen LogP contribution in [0.4, 0.5) is 18.2 Å². The van der Waals surface area contributed by atoms with Crippen LogP contribution in [0, 0.1) is 0 Å². The minimum absolute atomic E-state index is 0.0277. The second kappa shape index (κ2) is 11.1. The molecule has 198 valence electrons. The predicted octanol–water partition coefficient (Wildman–Crippen LogP) is 5.65. The summed E-state index contributed by atoms with van der Waals surface area (Å²) in [4.78, 5) is 39.4. The van der Waals surface area contributed by atoms with Crippen LogP contribution in [0.3, 0.4) is 0 Å². The number of fused-ring (bicyclic) bond motifs is 1. The molecule has 8 nitrogen and oxygen atoms in total. The Hall–Kier alpha value is -4.19. The van der Waals surface area contributed by atoms with Crippen molar-refractivity contribution >= 4 is 39.0 Å². The number of ether oxygens (including phenoxy) is 2.